The largest absolute Gasteiger partial charge is 0.397 e. The number of sulfonamides is 1. The molecule has 0 saturated heterocycles. The van der Waals surface area contributed by atoms with Gasteiger partial charge in [0, 0.05) is 11.1 Å². The fourth-order valence-electron chi connectivity index (χ4n) is 2.43. The van der Waals surface area contributed by atoms with Gasteiger partial charge < -0.3 is 11.5 Å². The number of hydrogen-bond donors (Lipinski definition) is 3. The van der Waals surface area contributed by atoms with Gasteiger partial charge in [0.2, 0.25) is 0 Å². The number of hydrogen-bond acceptors (Lipinski definition) is 7. The van der Waals surface area contributed by atoms with E-state index in [1.54, 1.807) is 0 Å². The summed E-state index contributed by atoms with van der Waals surface area (Å²) in [4.78, 5) is 19.6. The number of nitrogens with one attached hydrogen (secondary N) is 1. The molecule has 3 rings (SSSR count). The van der Waals surface area contributed by atoms with Crippen molar-refractivity contribution in [3.05, 3.63) is 34.7 Å². The lowest BCUT2D eigenvalue weighted by atomic mass is 10.1. The summed E-state index contributed by atoms with van der Waals surface area (Å²) in [5.41, 5.74) is 11.2. The molecule has 0 atom stereocenters. The molecule has 0 aliphatic rings. The van der Waals surface area contributed by atoms with Gasteiger partial charge in [0.25, 0.3) is 27.5 Å². The standard InChI is InChI=1S/C15H13F2N5O3S2/c1-20-27(24,25)15-21-10(6-3-2-4-7(5-6)12(16)17)8-9(18)11(13(19)23)26-14(8)22-15/h2-5,12,20H,18H2,1H3,(H2,19,23). The highest BCUT2D eigenvalue weighted by Gasteiger charge is 2.25. The van der Waals surface area contributed by atoms with E-state index in [2.05, 4.69) is 14.7 Å². The summed E-state index contributed by atoms with van der Waals surface area (Å²) in [6.07, 6.45) is -2.73. The van der Waals surface area contributed by atoms with E-state index in [0.717, 1.165) is 11.3 Å². The Kier molecular flexibility index (Phi) is 4.80. The number of anilines is 1. The molecule has 0 aliphatic heterocycles. The maximum atomic E-state index is 13.1. The quantitative estimate of drug-likeness (QED) is 0.546. The lowest BCUT2D eigenvalue weighted by Crippen LogP contribution is -2.21. The molecule has 0 fully saturated rings. The summed E-state index contributed by atoms with van der Waals surface area (Å²) in [6, 6.07) is 5.26. The summed E-state index contributed by atoms with van der Waals surface area (Å²) in [5.74, 6) is -0.819. The van der Waals surface area contributed by atoms with Crippen LogP contribution in [-0.2, 0) is 10.0 Å². The third-order valence-electron chi connectivity index (χ3n) is 3.71. The number of halogens is 2. The Morgan fingerprint density at radius 1 is 1.30 bits per heavy atom. The minimum absolute atomic E-state index is 0.0116. The summed E-state index contributed by atoms with van der Waals surface area (Å²) < 4.78 is 52.5. The number of nitrogens with two attached hydrogens (primary N) is 2. The lowest BCUT2D eigenvalue weighted by Gasteiger charge is -2.09. The molecule has 142 valence electrons. The molecule has 0 bridgehead atoms. The van der Waals surface area contributed by atoms with Crippen LogP contribution in [-0.4, -0.2) is 31.3 Å². The number of thiophene rings is 1. The van der Waals surface area contributed by atoms with E-state index < -0.39 is 27.5 Å². The second-order valence-electron chi connectivity index (χ2n) is 5.38. The Balaban J connectivity index is 2.41. The number of fused-ring (bicyclic) bond motifs is 1. The first-order valence-electron chi connectivity index (χ1n) is 7.37. The van der Waals surface area contributed by atoms with Gasteiger partial charge in [0.1, 0.15) is 9.71 Å². The first-order valence-corrected chi connectivity index (χ1v) is 9.67. The molecule has 2 heterocycles. The van der Waals surface area contributed by atoms with Gasteiger partial charge in [-0.1, -0.05) is 18.2 Å². The van der Waals surface area contributed by atoms with Crippen molar-refractivity contribution < 1.29 is 22.0 Å². The van der Waals surface area contributed by atoms with Crippen molar-refractivity contribution in [1.29, 1.82) is 0 Å². The van der Waals surface area contributed by atoms with Crippen molar-refractivity contribution in [1.82, 2.24) is 14.7 Å². The fourth-order valence-corrected chi connectivity index (χ4v) is 4.04. The van der Waals surface area contributed by atoms with Crippen LogP contribution in [0, 0.1) is 0 Å². The number of carbonyl (C=O) groups is 1. The number of primary amides is 1. The van der Waals surface area contributed by atoms with Crippen LogP contribution in [0.2, 0.25) is 0 Å². The molecular weight excluding hydrogens is 400 g/mol. The molecule has 5 N–H and O–H groups in total. The predicted molar refractivity (Wildman–Crippen MR) is 97.0 cm³/mol. The first kappa shape index (κ1) is 19.1. The third kappa shape index (κ3) is 3.34. The Hall–Kier alpha value is -2.70. The Morgan fingerprint density at radius 2 is 2.00 bits per heavy atom. The van der Waals surface area contributed by atoms with Crippen molar-refractivity contribution >= 4 is 43.2 Å². The molecule has 3 aromatic rings. The van der Waals surface area contributed by atoms with Crippen molar-refractivity contribution in [3.63, 3.8) is 0 Å². The zero-order chi connectivity index (χ0) is 19.9. The summed E-state index contributed by atoms with van der Waals surface area (Å²) in [5, 5.41) is -0.400. The summed E-state index contributed by atoms with van der Waals surface area (Å²) >= 11 is 0.801. The van der Waals surface area contributed by atoms with Gasteiger partial charge in [-0.2, -0.15) is 0 Å². The van der Waals surface area contributed by atoms with Crippen LogP contribution >= 0.6 is 11.3 Å². The molecule has 2 aromatic heterocycles. The SMILES string of the molecule is CNS(=O)(=O)c1nc(-c2cccc(C(F)F)c2)c2c(N)c(C(N)=O)sc2n1. The van der Waals surface area contributed by atoms with Crippen LogP contribution in [0.4, 0.5) is 14.5 Å². The minimum atomic E-state index is -4.04. The van der Waals surface area contributed by atoms with Gasteiger partial charge in [-0.3, -0.25) is 4.79 Å². The number of rotatable bonds is 5. The fraction of sp³-hybridized carbons (Fsp3) is 0.133. The highest BCUT2D eigenvalue weighted by Crippen LogP contribution is 2.39. The van der Waals surface area contributed by atoms with Crippen LogP contribution in [0.25, 0.3) is 21.5 Å². The normalized spacial score (nSPS) is 12.0. The average Bonchev–Trinajstić information content (AvgIpc) is 2.98. The smallest absolute Gasteiger partial charge is 0.276 e. The van der Waals surface area contributed by atoms with Gasteiger partial charge in [-0.25, -0.2) is 31.9 Å². The highest BCUT2D eigenvalue weighted by molar-refractivity contribution is 7.89. The van der Waals surface area contributed by atoms with E-state index in [0.29, 0.717) is 0 Å². The van der Waals surface area contributed by atoms with Gasteiger partial charge in [0.15, 0.2) is 0 Å². The molecule has 0 spiro atoms. The van der Waals surface area contributed by atoms with Gasteiger partial charge in [-0.15, -0.1) is 11.3 Å². The van der Waals surface area contributed by atoms with E-state index in [9.17, 15) is 22.0 Å². The summed E-state index contributed by atoms with van der Waals surface area (Å²) in [7, 11) is -2.86. The number of carbonyl (C=O) groups excluding carboxylic acids is 1. The third-order valence-corrected chi connectivity index (χ3v) is 6.03. The van der Waals surface area contributed by atoms with E-state index >= 15 is 0 Å². The highest BCUT2D eigenvalue weighted by atomic mass is 32.2. The van der Waals surface area contributed by atoms with Crippen LogP contribution in [0.3, 0.4) is 0 Å². The Labute approximate surface area is 156 Å². The molecule has 12 heteroatoms. The second kappa shape index (κ2) is 6.79. The van der Waals surface area contributed by atoms with Gasteiger partial charge in [-0.05, 0) is 13.1 Å². The lowest BCUT2D eigenvalue weighted by molar-refractivity contribution is 0.100. The Bertz CT molecular complexity index is 1160. The monoisotopic (exact) mass is 413 g/mol. The maximum Gasteiger partial charge on any atom is 0.276 e. The van der Waals surface area contributed by atoms with Gasteiger partial charge in [0.05, 0.1) is 16.8 Å². The molecular formula is C15H13F2N5O3S2. The molecule has 27 heavy (non-hydrogen) atoms. The summed E-state index contributed by atoms with van der Waals surface area (Å²) in [6.45, 7) is 0. The van der Waals surface area contributed by atoms with Crippen LogP contribution in [0.1, 0.15) is 21.7 Å². The molecule has 8 nitrogen and oxygen atoms in total. The van der Waals surface area contributed by atoms with Crippen molar-refractivity contribution in [2.75, 3.05) is 12.8 Å². The van der Waals surface area contributed by atoms with E-state index in [1.807, 2.05) is 0 Å². The number of benzene rings is 1. The number of amides is 1. The zero-order valence-corrected chi connectivity index (χ0v) is 15.4. The van der Waals surface area contributed by atoms with Crippen molar-refractivity contribution in [2.45, 2.75) is 11.6 Å². The topological polar surface area (TPSA) is 141 Å². The van der Waals surface area contributed by atoms with E-state index in [4.69, 9.17) is 11.5 Å². The van der Waals surface area contributed by atoms with Gasteiger partial charge >= 0.3 is 0 Å². The van der Waals surface area contributed by atoms with Crippen LogP contribution in [0.5, 0.6) is 0 Å². The first-order chi connectivity index (χ1) is 12.7. The Morgan fingerprint density at radius 3 is 2.59 bits per heavy atom. The molecule has 0 unspecified atom stereocenters. The minimum Gasteiger partial charge on any atom is -0.397 e. The molecule has 0 radical (unpaired) electrons. The van der Waals surface area contributed by atoms with E-state index in [-0.39, 0.29) is 37.6 Å². The maximum absolute atomic E-state index is 13.1. The molecule has 1 amide bonds. The predicted octanol–water partition coefficient (Wildman–Crippen LogP) is 1.89. The average molecular weight is 413 g/mol. The number of alkyl halides is 2. The van der Waals surface area contributed by atoms with Crippen molar-refractivity contribution in [2.24, 2.45) is 5.73 Å². The van der Waals surface area contributed by atoms with E-state index in [1.165, 1.54) is 31.3 Å². The van der Waals surface area contributed by atoms with Crippen molar-refractivity contribution in [3.8, 4) is 11.3 Å². The van der Waals surface area contributed by atoms with Crippen LogP contribution in [0.15, 0.2) is 29.4 Å². The molecule has 0 saturated carbocycles. The molecule has 1 aromatic carbocycles. The van der Waals surface area contributed by atoms with Crippen LogP contribution < -0.4 is 16.2 Å². The number of aromatic nitrogens is 2. The zero-order valence-electron chi connectivity index (χ0n) is 13.7. The molecule has 0 aliphatic carbocycles. The second-order valence-corrected chi connectivity index (χ2v) is 8.16. The number of nitrogens with zero attached hydrogens (tertiary/aromatic N) is 2. The number of nitrogen functional groups attached to an aromatic ring is 1.